The number of hydrogen-bond donors (Lipinski definition) is 0. The van der Waals surface area contributed by atoms with Gasteiger partial charge in [0, 0.05) is 19.3 Å². The van der Waals surface area contributed by atoms with Gasteiger partial charge in [0.05, 0.1) is 17.6 Å². The summed E-state index contributed by atoms with van der Waals surface area (Å²) in [6.07, 6.45) is 7.23. The van der Waals surface area contributed by atoms with Gasteiger partial charge in [-0.1, -0.05) is 11.3 Å². The molecule has 0 spiro atoms. The van der Waals surface area contributed by atoms with Crippen LogP contribution in [0, 0.1) is 6.92 Å². The summed E-state index contributed by atoms with van der Waals surface area (Å²) in [6, 6.07) is 3.82. The van der Waals surface area contributed by atoms with Crippen molar-refractivity contribution in [3.8, 4) is 5.69 Å². The van der Waals surface area contributed by atoms with Crippen LogP contribution in [0.25, 0.3) is 11.3 Å². The first-order valence-corrected chi connectivity index (χ1v) is 6.51. The molecule has 3 rings (SSSR count). The lowest BCUT2D eigenvalue weighted by Crippen LogP contribution is -2.26. The first kappa shape index (κ1) is 12.5. The monoisotopic (exact) mass is 269 g/mol. The average molecular weight is 269 g/mol. The highest BCUT2D eigenvalue weighted by Crippen LogP contribution is 2.23. The summed E-state index contributed by atoms with van der Waals surface area (Å²) in [7, 11) is 0. The van der Waals surface area contributed by atoms with Crippen LogP contribution in [0.5, 0.6) is 0 Å². The van der Waals surface area contributed by atoms with Crippen molar-refractivity contribution >= 4 is 12.0 Å². The molecule has 0 bridgehead atoms. The lowest BCUT2D eigenvalue weighted by molar-refractivity contribution is -0.117. The number of carbonyl (C=O) groups excluding carboxylic acids is 1. The van der Waals surface area contributed by atoms with E-state index in [0.717, 1.165) is 42.0 Å². The second-order valence-electron chi connectivity index (χ2n) is 4.73. The molecule has 0 atom stereocenters. The topological polar surface area (TPSA) is 63.9 Å². The fourth-order valence-electron chi connectivity index (χ4n) is 2.35. The van der Waals surface area contributed by atoms with Gasteiger partial charge in [0.25, 0.3) is 0 Å². The Morgan fingerprint density at radius 3 is 2.95 bits per heavy atom. The third-order valence-corrected chi connectivity index (χ3v) is 3.48. The number of rotatable bonds is 3. The zero-order chi connectivity index (χ0) is 13.9. The van der Waals surface area contributed by atoms with E-state index in [1.54, 1.807) is 22.0 Å². The molecule has 0 saturated heterocycles. The Hall–Kier alpha value is -2.50. The van der Waals surface area contributed by atoms with Crippen LogP contribution in [-0.2, 0) is 4.79 Å². The standard InChI is InChI=1S/C14H15N5O/c1-11-14(12-4-7-18(10-20)8-5-12)16-17-19(11)13-3-2-6-15-9-13/h2-4,6,9-10H,5,7-8H2,1H3. The molecule has 1 aliphatic heterocycles. The van der Waals surface area contributed by atoms with Crippen LogP contribution >= 0.6 is 0 Å². The van der Waals surface area contributed by atoms with E-state index in [1.165, 1.54) is 0 Å². The van der Waals surface area contributed by atoms with E-state index in [2.05, 4.69) is 15.3 Å². The Balaban J connectivity index is 1.92. The van der Waals surface area contributed by atoms with Gasteiger partial charge in [-0.15, -0.1) is 5.10 Å². The molecule has 0 saturated carbocycles. The van der Waals surface area contributed by atoms with E-state index < -0.39 is 0 Å². The molecule has 0 unspecified atom stereocenters. The summed E-state index contributed by atoms with van der Waals surface area (Å²) in [5.41, 5.74) is 3.94. The number of pyridine rings is 1. The Bertz CT molecular complexity index is 647. The van der Waals surface area contributed by atoms with Gasteiger partial charge in [0.15, 0.2) is 0 Å². The van der Waals surface area contributed by atoms with E-state index >= 15 is 0 Å². The largest absolute Gasteiger partial charge is 0.341 e. The first-order chi connectivity index (χ1) is 9.79. The maximum absolute atomic E-state index is 10.7. The van der Waals surface area contributed by atoms with Crippen molar-refractivity contribution in [2.75, 3.05) is 13.1 Å². The van der Waals surface area contributed by atoms with E-state index in [-0.39, 0.29) is 0 Å². The molecule has 2 aromatic heterocycles. The summed E-state index contributed by atoms with van der Waals surface area (Å²) < 4.78 is 1.79. The minimum absolute atomic E-state index is 0.637. The zero-order valence-electron chi connectivity index (χ0n) is 11.2. The van der Waals surface area contributed by atoms with E-state index in [1.807, 2.05) is 25.1 Å². The number of carbonyl (C=O) groups is 1. The van der Waals surface area contributed by atoms with Gasteiger partial charge in [0.2, 0.25) is 6.41 Å². The van der Waals surface area contributed by atoms with E-state index in [0.29, 0.717) is 6.54 Å². The average Bonchev–Trinajstić information content (AvgIpc) is 2.90. The molecule has 6 heteroatoms. The third kappa shape index (κ3) is 2.20. The Morgan fingerprint density at radius 2 is 2.30 bits per heavy atom. The normalized spacial score (nSPS) is 15.1. The molecule has 20 heavy (non-hydrogen) atoms. The van der Waals surface area contributed by atoms with Gasteiger partial charge in [-0.05, 0) is 31.1 Å². The SMILES string of the molecule is Cc1c(C2=CCN(C=O)CC2)nnn1-c1cccnc1. The Kier molecular flexibility index (Phi) is 3.28. The van der Waals surface area contributed by atoms with Crippen molar-refractivity contribution in [2.24, 2.45) is 0 Å². The van der Waals surface area contributed by atoms with Crippen LogP contribution in [0.4, 0.5) is 0 Å². The number of hydrogen-bond acceptors (Lipinski definition) is 4. The number of nitrogens with zero attached hydrogens (tertiary/aromatic N) is 5. The molecule has 0 aliphatic carbocycles. The quantitative estimate of drug-likeness (QED) is 0.786. The predicted octanol–water partition coefficient (Wildman–Crippen LogP) is 1.22. The summed E-state index contributed by atoms with van der Waals surface area (Å²) in [4.78, 5) is 16.6. The van der Waals surface area contributed by atoms with Crippen LogP contribution in [-0.4, -0.2) is 44.4 Å². The van der Waals surface area contributed by atoms with Crippen molar-refractivity contribution < 1.29 is 4.79 Å². The molecule has 1 amide bonds. The molecular weight excluding hydrogens is 254 g/mol. The number of aromatic nitrogens is 4. The summed E-state index contributed by atoms with van der Waals surface area (Å²) in [6.45, 7) is 3.36. The molecule has 2 aromatic rings. The van der Waals surface area contributed by atoms with Gasteiger partial charge >= 0.3 is 0 Å². The van der Waals surface area contributed by atoms with Crippen LogP contribution in [0.15, 0.2) is 30.6 Å². The second-order valence-corrected chi connectivity index (χ2v) is 4.73. The highest BCUT2D eigenvalue weighted by molar-refractivity contribution is 5.67. The minimum atomic E-state index is 0.637. The van der Waals surface area contributed by atoms with Gasteiger partial charge < -0.3 is 4.90 Å². The van der Waals surface area contributed by atoms with Crippen molar-refractivity contribution in [3.63, 3.8) is 0 Å². The van der Waals surface area contributed by atoms with Gasteiger partial charge in [0.1, 0.15) is 5.69 Å². The Morgan fingerprint density at radius 1 is 1.40 bits per heavy atom. The second kappa shape index (κ2) is 5.24. The van der Waals surface area contributed by atoms with Crippen LogP contribution in [0.1, 0.15) is 17.8 Å². The zero-order valence-corrected chi connectivity index (χ0v) is 11.2. The van der Waals surface area contributed by atoms with Crippen molar-refractivity contribution in [1.29, 1.82) is 0 Å². The number of amides is 1. The molecule has 102 valence electrons. The molecule has 0 radical (unpaired) electrons. The molecule has 3 heterocycles. The molecular formula is C14H15N5O. The third-order valence-electron chi connectivity index (χ3n) is 3.48. The summed E-state index contributed by atoms with van der Waals surface area (Å²) in [5, 5.41) is 8.48. The molecule has 0 fully saturated rings. The molecule has 0 aromatic carbocycles. The first-order valence-electron chi connectivity index (χ1n) is 6.51. The lowest BCUT2D eigenvalue weighted by Gasteiger charge is -2.21. The van der Waals surface area contributed by atoms with Crippen molar-refractivity contribution in [2.45, 2.75) is 13.3 Å². The molecule has 0 N–H and O–H groups in total. The fraction of sp³-hybridized carbons (Fsp3) is 0.286. The van der Waals surface area contributed by atoms with Gasteiger partial charge in [-0.25, -0.2) is 4.68 Å². The highest BCUT2D eigenvalue weighted by Gasteiger charge is 2.17. The molecule has 1 aliphatic rings. The van der Waals surface area contributed by atoms with Crippen LogP contribution in [0.2, 0.25) is 0 Å². The van der Waals surface area contributed by atoms with Gasteiger partial charge in [-0.2, -0.15) is 0 Å². The molecule has 6 nitrogen and oxygen atoms in total. The Labute approximate surface area is 116 Å². The lowest BCUT2D eigenvalue weighted by atomic mass is 10.0. The maximum Gasteiger partial charge on any atom is 0.209 e. The summed E-state index contributed by atoms with van der Waals surface area (Å²) in [5.74, 6) is 0. The van der Waals surface area contributed by atoms with E-state index in [4.69, 9.17) is 0 Å². The van der Waals surface area contributed by atoms with Crippen molar-refractivity contribution in [3.05, 3.63) is 42.0 Å². The predicted molar refractivity (Wildman–Crippen MR) is 74.1 cm³/mol. The highest BCUT2D eigenvalue weighted by atomic mass is 16.1. The van der Waals surface area contributed by atoms with Crippen LogP contribution < -0.4 is 0 Å². The summed E-state index contributed by atoms with van der Waals surface area (Å²) >= 11 is 0. The van der Waals surface area contributed by atoms with Crippen molar-refractivity contribution in [1.82, 2.24) is 24.9 Å². The fourth-order valence-corrected chi connectivity index (χ4v) is 2.35. The van der Waals surface area contributed by atoms with Crippen LogP contribution in [0.3, 0.4) is 0 Å². The van der Waals surface area contributed by atoms with Gasteiger partial charge in [-0.3, -0.25) is 9.78 Å². The minimum Gasteiger partial charge on any atom is -0.341 e. The maximum atomic E-state index is 10.7. The van der Waals surface area contributed by atoms with E-state index in [9.17, 15) is 4.79 Å². The smallest absolute Gasteiger partial charge is 0.209 e.